The molecule has 3 aromatic rings. The number of para-hydroxylation sites is 1. The predicted octanol–water partition coefficient (Wildman–Crippen LogP) is 4.48. The third kappa shape index (κ3) is 1.98. The Balaban J connectivity index is 2.06. The second-order valence-corrected chi connectivity index (χ2v) is 6.35. The van der Waals surface area contributed by atoms with Gasteiger partial charge in [-0.2, -0.15) is 0 Å². The topological polar surface area (TPSA) is 33.4 Å². The Morgan fingerprint density at radius 1 is 1.28 bits per heavy atom. The van der Waals surface area contributed by atoms with Crippen LogP contribution in [-0.4, -0.2) is 5.11 Å². The molecule has 18 heavy (non-hydrogen) atoms. The Morgan fingerprint density at radius 2 is 2.11 bits per heavy atom. The van der Waals surface area contributed by atoms with Crippen molar-refractivity contribution in [1.29, 1.82) is 0 Å². The summed E-state index contributed by atoms with van der Waals surface area (Å²) in [4.78, 5) is 0.751. The van der Waals surface area contributed by atoms with Crippen molar-refractivity contribution in [3.05, 3.63) is 56.6 Å². The van der Waals surface area contributed by atoms with E-state index in [0.717, 1.165) is 8.66 Å². The summed E-state index contributed by atoms with van der Waals surface area (Å²) >= 11 is 4.75. The molecule has 1 N–H and O–H groups in total. The van der Waals surface area contributed by atoms with E-state index in [1.807, 2.05) is 12.1 Å². The highest BCUT2D eigenvalue weighted by atomic mass is 79.9. The van der Waals surface area contributed by atoms with Crippen LogP contribution in [-0.2, 0) is 0 Å². The third-order valence-electron chi connectivity index (χ3n) is 2.65. The van der Waals surface area contributed by atoms with Gasteiger partial charge in [-0.3, -0.25) is 0 Å². The fraction of sp³-hybridized carbons (Fsp3) is 0.0769. The lowest BCUT2D eigenvalue weighted by atomic mass is 10.2. The van der Waals surface area contributed by atoms with E-state index in [-0.39, 0.29) is 5.58 Å². The van der Waals surface area contributed by atoms with Gasteiger partial charge in [-0.1, -0.05) is 12.1 Å². The lowest BCUT2D eigenvalue weighted by Gasteiger charge is -2.03. The number of benzene rings is 1. The summed E-state index contributed by atoms with van der Waals surface area (Å²) in [5, 5.41) is 10.8. The summed E-state index contributed by atoms with van der Waals surface area (Å²) in [6, 6.07) is 10.0. The molecule has 1 atom stereocenters. The minimum atomic E-state index is -0.867. The van der Waals surface area contributed by atoms with Gasteiger partial charge in [0, 0.05) is 10.3 Å². The molecule has 0 aliphatic carbocycles. The highest BCUT2D eigenvalue weighted by Gasteiger charge is 2.18. The zero-order chi connectivity index (χ0) is 12.7. The summed E-state index contributed by atoms with van der Waals surface area (Å²) in [6.07, 6.45) is -0.867. The van der Waals surface area contributed by atoms with Crippen LogP contribution in [0.2, 0.25) is 0 Å². The Labute approximate surface area is 115 Å². The molecule has 2 aromatic heterocycles. The molecule has 1 aromatic carbocycles. The van der Waals surface area contributed by atoms with Crippen molar-refractivity contribution >= 4 is 38.2 Å². The largest absolute Gasteiger partial charge is 0.455 e. The normalized spacial score (nSPS) is 13.1. The molecule has 92 valence electrons. The van der Waals surface area contributed by atoms with Crippen LogP contribution in [0, 0.1) is 5.82 Å². The van der Waals surface area contributed by atoms with Crippen molar-refractivity contribution < 1.29 is 13.9 Å². The van der Waals surface area contributed by atoms with Crippen LogP contribution < -0.4 is 0 Å². The van der Waals surface area contributed by atoms with Gasteiger partial charge in [-0.05, 0) is 40.2 Å². The summed E-state index contributed by atoms with van der Waals surface area (Å²) in [5.74, 6) is -0.0669. The first-order chi connectivity index (χ1) is 8.65. The predicted molar refractivity (Wildman–Crippen MR) is 72.3 cm³/mol. The number of furan rings is 1. The van der Waals surface area contributed by atoms with Crippen LogP contribution in [0.1, 0.15) is 16.7 Å². The van der Waals surface area contributed by atoms with Crippen LogP contribution in [0.3, 0.4) is 0 Å². The van der Waals surface area contributed by atoms with E-state index in [1.54, 1.807) is 18.2 Å². The van der Waals surface area contributed by atoms with Gasteiger partial charge in [0.05, 0.1) is 3.79 Å². The molecule has 0 saturated heterocycles. The van der Waals surface area contributed by atoms with Gasteiger partial charge in [-0.25, -0.2) is 4.39 Å². The molecule has 0 amide bonds. The smallest absolute Gasteiger partial charge is 0.170 e. The standard InChI is InChI=1S/C13H8BrFO2S/c14-11-5-4-10(18-11)12(16)9-6-7-2-1-3-8(15)13(7)17-9/h1-6,12,16H. The molecule has 0 saturated carbocycles. The van der Waals surface area contributed by atoms with E-state index in [2.05, 4.69) is 15.9 Å². The Bertz CT molecular complexity index is 704. The molecule has 2 nitrogen and oxygen atoms in total. The molecule has 5 heteroatoms. The fourth-order valence-corrected chi connectivity index (χ4v) is 3.22. The van der Waals surface area contributed by atoms with Crippen molar-refractivity contribution in [2.75, 3.05) is 0 Å². The van der Waals surface area contributed by atoms with Crippen LogP contribution in [0.5, 0.6) is 0 Å². The first-order valence-electron chi connectivity index (χ1n) is 5.26. The minimum absolute atomic E-state index is 0.183. The molecule has 0 bridgehead atoms. The maximum Gasteiger partial charge on any atom is 0.170 e. The van der Waals surface area contributed by atoms with E-state index in [0.29, 0.717) is 11.1 Å². The van der Waals surface area contributed by atoms with Crippen molar-refractivity contribution in [2.45, 2.75) is 6.10 Å². The van der Waals surface area contributed by atoms with E-state index in [4.69, 9.17) is 4.42 Å². The highest BCUT2D eigenvalue weighted by molar-refractivity contribution is 9.11. The van der Waals surface area contributed by atoms with E-state index < -0.39 is 11.9 Å². The molecule has 0 radical (unpaired) electrons. The average molecular weight is 327 g/mol. The second-order valence-electron chi connectivity index (χ2n) is 3.85. The number of fused-ring (bicyclic) bond motifs is 1. The molecule has 1 unspecified atom stereocenters. The van der Waals surface area contributed by atoms with Gasteiger partial charge in [0.25, 0.3) is 0 Å². The SMILES string of the molecule is OC(c1cc2cccc(F)c2o1)c1ccc(Br)s1. The molecule has 0 aliphatic rings. The fourth-order valence-electron chi connectivity index (χ4n) is 1.80. The zero-order valence-electron chi connectivity index (χ0n) is 9.06. The summed E-state index contributed by atoms with van der Waals surface area (Å²) < 4.78 is 19.8. The molecule has 0 fully saturated rings. The zero-order valence-corrected chi connectivity index (χ0v) is 11.5. The van der Waals surface area contributed by atoms with Gasteiger partial charge in [0.15, 0.2) is 11.4 Å². The second kappa shape index (κ2) is 4.50. The average Bonchev–Trinajstić information content (AvgIpc) is 2.95. The number of halogens is 2. The van der Waals surface area contributed by atoms with E-state index in [9.17, 15) is 9.50 Å². The molecule has 0 aliphatic heterocycles. The quantitative estimate of drug-likeness (QED) is 0.753. The van der Waals surface area contributed by atoms with Gasteiger partial charge in [0.2, 0.25) is 0 Å². The van der Waals surface area contributed by atoms with Crippen molar-refractivity contribution in [3.63, 3.8) is 0 Å². The molecule has 0 spiro atoms. The molecule has 2 heterocycles. The number of hydrogen-bond acceptors (Lipinski definition) is 3. The Hall–Kier alpha value is -1.17. The van der Waals surface area contributed by atoms with Gasteiger partial charge < -0.3 is 9.52 Å². The Kier molecular flexibility index (Phi) is 2.97. The molecular weight excluding hydrogens is 319 g/mol. The maximum absolute atomic E-state index is 13.5. The molecular formula is C13H8BrFO2S. The third-order valence-corrected chi connectivity index (χ3v) is 4.32. The van der Waals surface area contributed by atoms with Crippen molar-refractivity contribution in [1.82, 2.24) is 0 Å². The van der Waals surface area contributed by atoms with Crippen molar-refractivity contribution in [2.24, 2.45) is 0 Å². The van der Waals surface area contributed by atoms with Crippen LogP contribution in [0.15, 0.2) is 44.6 Å². The van der Waals surface area contributed by atoms with E-state index >= 15 is 0 Å². The monoisotopic (exact) mass is 326 g/mol. The van der Waals surface area contributed by atoms with E-state index in [1.165, 1.54) is 17.4 Å². The number of aliphatic hydroxyl groups excluding tert-OH is 1. The number of hydrogen-bond donors (Lipinski definition) is 1. The summed E-state index contributed by atoms with van der Waals surface area (Å²) in [7, 11) is 0. The number of rotatable bonds is 2. The highest BCUT2D eigenvalue weighted by Crippen LogP contribution is 2.34. The number of thiophene rings is 1. The van der Waals surface area contributed by atoms with Gasteiger partial charge in [-0.15, -0.1) is 11.3 Å². The first kappa shape index (κ1) is 11.9. The van der Waals surface area contributed by atoms with Gasteiger partial charge >= 0.3 is 0 Å². The molecule has 3 rings (SSSR count). The van der Waals surface area contributed by atoms with Crippen LogP contribution in [0.25, 0.3) is 11.0 Å². The lowest BCUT2D eigenvalue weighted by Crippen LogP contribution is -1.93. The minimum Gasteiger partial charge on any atom is -0.455 e. The first-order valence-corrected chi connectivity index (χ1v) is 6.87. The van der Waals surface area contributed by atoms with Crippen molar-refractivity contribution in [3.8, 4) is 0 Å². The van der Waals surface area contributed by atoms with Crippen LogP contribution in [0.4, 0.5) is 4.39 Å². The van der Waals surface area contributed by atoms with Crippen LogP contribution >= 0.6 is 27.3 Å². The lowest BCUT2D eigenvalue weighted by molar-refractivity contribution is 0.195. The Morgan fingerprint density at radius 3 is 2.78 bits per heavy atom. The number of aliphatic hydroxyl groups is 1. The maximum atomic E-state index is 13.5. The van der Waals surface area contributed by atoms with Gasteiger partial charge in [0.1, 0.15) is 11.9 Å². The summed E-state index contributed by atoms with van der Waals surface area (Å²) in [6.45, 7) is 0. The summed E-state index contributed by atoms with van der Waals surface area (Å²) in [5.41, 5.74) is 0.183.